The van der Waals surface area contributed by atoms with E-state index in [1.165, 1.54) is 10.4 Å². The summed E-state index contributed by atoms with van der Waals surface area (Å²) in [6.07, 6.45) is 4.06. The van der Waals surface area contributed by atoms with Crippen molar-refractivity contribution in [1.82, 2.24) is 9.69 Å². The molecule has 2 heterocycles. The van der Waals surface area contributed by atoms with Gasteiger partial charge in [0, 0.05) is 5.56 Å². The average Bonchev–Trinajstić information content (AvgIpc) is 2.34. The van der Waals surface area contributed by atoms with E-state index in [0.717, 1.165) is 12.2 Å². The molecule has 0 amide bonds. The van der Waals surface area contributed by atoms with Gasteiger partial charge in [0.1, 0.15) is 0 Å². The summed E-state index contributed by atoms with van der Waals surface area (Å²) in [6, 6.07) is 0. The van der Waals surface area contributed by atoms with Gasteiger partial charge in [-0.1, -0.05) is 0 Å². The first-order valence-electron chi connectivity index (χ1n) is 3.23. The quantitative estimate of drug-likeness (QED) is 0.609. The standard InChI is InChI=1S/C7H8N2S/c1-5-6-2-3-8-4-7(6)10-9-5/h2-3,8H,4H2,1H3. The maximum Gasteiger partial charge on any atom is 0.0587 e. The molecule has 2 nitrogen and oxygen atoms in total. The van der Waals surface area contributed by atoms with E-state index < -0.39 is 0 Å². The second-order valence-electron chi connectivity index (χ2n) is 2.32. The first-order chi connectivity index (χ1) is 4.88. The van der Waals surface area contributed by atoms with Gasteiger partial charge in [-0.2, -0.15) is 4.37 Å². The summed E-state index contributed by atoms with van der Waals surface area (Å²) in [6.45, 7) is 2.99. The number of nitrogens with one attached hydrogen (secondary N) is 1. The average molecular weight is 152 g/mol. The van der Waals surface area contributed by atoms with Crippen molar-refractivity contribution in [1.29, 1.82) is 0 Å². The number of aryl methyl sites for hydroxylation is 1. The second kappa shape index (κ2) is 2.09. The smallest absolute Gasteiger partial charge is 0.0587 e. The Morgan fingerprint density at radius 3 is 3.40 bits per heavy atom. The highest BCUT2D eigenvalue weighted by atomic mass is 32.1. The SMILES string of the molecule is Cc1nsc2c1C=CNC2. The fraction of sp³-hybridized carbons (Fsp3) is 0.286. The number of rotatable bonds is 0. The molecule has 0 aliphatic carbocycles. The minimum Gasteiger partial charge on any atom is -0.386 e. The van der Waals surface area contributed by atoms with Crippen molar-refractivity contribution in [3.05, 3.63) is 22.3 Å². The van der Waals surface area contributed by atoms with Gasteiger partial charge in [-0.25, -0.2) is 0 Å². The van der Waals surface area contributed by atoms with Gasteiger partial charge in [0.15, 0.2) is 0 Å². The fourth-order valence-corrected chi connectivity index (χ4v) is 1.87. The molecule has 0 saturated carbocycles. The molecule has 0 saturated heterocycles. The summed E-state index contributed by atoms with van der Waals surface area (Å²) in [5.74, 6) is 0. The normalized spacial score (nSPS) is 14.5. The largest absolute Gasteiger partial charge is 0.386 e. The Hall–Kier alpha value is -0.830. The molecule has 0 bridgehead atoms. The molecule has 0 spiro atoms. The molecule has 1 aliphatic rings. The zero-order valence-corrected chi connectivity index (χ0v) is 6.53. The van der Waals surface area contributed by atoms with Crippen molar-refractivity contribution in [2.24, 2.45) is 0 Å². The molecule has 0 aromatic carbocycles. The molecule has 1 aromatic rings. The molecule has 1 aliphatic heterocycles. The molecular formula is C7H8N2S. The van der Waals surface area contributed by atoms with Crippen molar-refractivity contribution >= 4 is 17.6 Å². The van der Waals surface area contributed by atoms with Gasteiger partial charge in [-0.15, -0.1) is 0 Å². The van der Waals surface area contributed by atoms with E-state index in [1.54, 1.807) is 11.5 Å². The van der Waals surface area contributed by atoms with Crippen molar-refractivity contribution in [2.75, 3.05) is 0 Å². The van der Waals surface area contributed by atoms with Crippen molar-refractivity contribution in [3.63, 3.8) is 0 Å². The third-order valence-electron chi connectivity index (χ3n) is 1.61. The molecule has 0 fully saturated rings. The van der Waals surface area contributed by atoms with E-state index in [9.17, 15) is 0 Å². The zero-order valence-electron chi connectivity index (χ0n) is 5.72. The van der Waals surface area contributed by atoms with Crippen LogP contribution in [0, 0.1) is 6.92 Å². The van der Waals surface area contributed by atoms with Gasteiger partial charge in [0.2, 0.25) is 0 Å². The summed E-state index contributed by atoms with van der Waals surface area (Å²) in [5.41, 5.74) is 2.46. The summed E-state index contributed by atoms with van der Waals surface area (Å²) in [7, 11) is 0. The summed E-state index contributed by atoms with van der Waals surface area (Å²) in [5, 5.41) is 3.14. The van der Waals surface area contributed by atoms with Crippen LogP contribution in [0.4, 0.5) is 0 Å². The number of fused-ring (bicyclic) bond motifs is 1. The van der Waals surface area contributed by atoms with Crippen LogP contribution in [0.5, 0.6) is 0 Å². The fourth-order valence-electron chi connectivity index (χ4n) is 1.06. The number of hydrogen-bond acceptors (Lipinski definition) is 3. The summed E-state index contributed by atoms with van der Waals surface area (Å²) >= 11 is 1.59. The molecule has 0 radical (unpaired) electrons. The Morgan fingerprint density at radius 1 is 1.70 bits per heavy atom. The maximum absolute atomic E-state index is 4.25. The van der Waals surface area contributed by atoms with Gasteiger partial charge in [0.05, 0.1) is 17.1 Å². The van der Waals surface area contributed by atoms with Crippen LogP contribution < -0.4 is 5.32 Å². The predicted molar refractivity (Wildman–Crippen MR) is 42.7 cm³/mol. The van der Waals surface area contributed by atoms with Crippen LogP contribution in [-0.4, -0.2) is 4.37 Å². The van der Waals surface area contributed by atoms with Crippen LogP contribution in [0.2, 0.25) is 0 Å². The van der Waals surface area contributed by atoms with Gasteiger partial charge < -0.3 is 5.32 Å². The molecule has 2 rings (SSSR count). The highest BCUT2D eigenvalue weighted by molar-refractivity contribution is 7.06. The van der Waals surface area contributed by atoms with Crippen molar-refractivity contribution in [3.8, 4) is 0 Å². The molecular weight excluding hydrogens is 144 g/mol. The van der Waals surface area contributed by atoms with E-state index in [1.807, 2.05) is 13.1 Å². The Kier molecular flexibility index (Phi) is 1.24. The summed E-state index contributed by atoms with van der Waals surface area (Å²) in [4.78, 5) is 1.35. The molecule has 52 valence electrons. The van der Waals surface area contributed by atoms with E-state index in [4.69, 9.17) is 0 Å². The molecule has 3 heteroatoms. The lowest BCUT2D eigenvalue weighted by atomic mass is 10.2. The lowest BCUT2D eigenvalue weighted by molar-refractivity contribution is 0.876. The van der Waals surface area contributed by atoms with E-state index in [2.05, 4.69) is 15.8 Å². The van der Waals surface area contributed by atoms with Crippen molar-refractivity contribution in [2.45, 2.75) is 13.5 Å². The van der Waals surface area contributed by atoms with Gasteiger partial charge >= 0.3 is 0 Å². The van der Waals surface area contributed by atoms with E-state index >= 15 is 0 Å². The van der Waals surface area contributed by atoms with Gasteiger partial charge in [-0.05, 0) is 30.7 Å². The third kappa shape index (κ3) is 0.743. The van der Waals surface area contributed by atoms with Crippen LogP contribution in [0.25, 0.3) is 6.08 Å². The molecule has 10 heavy (non-hydrogen) atoms. The molecule has 0 unspecified atom stereocenters. The maximum atomic E-state index is 4.25. The van der Waals surface area contributed by atoms with Crippen LogP contribution in [-0.2, 0) is 6.54 Å². The lowest BCUT2D eigenvalue weighted by Gasteiger charge is -2.04. The Balaban J connectivity index is 2.57. The minimum atomic E-state index is 0.942. The lowest BCUT2D eigenvalue weighted by Crippen LogP contribution is -2.07. The Bertz CT molecular complexity index is 275. The third-order valence-corrected chi connectivity index (χ3v) is 2.56. The van der Waals surface area contributed by atoms with Crippen LogP contribution >= 0.6 is 11.5 Å². The van der Waals surface area contributed by atoms with Crippen LogP contribution in [0.1, 0.15) is 16.1 Å². The predicted octanol–water partition coefficient (Wildman–Crippen LogP) is 1.53. The number of aromatic nitrogens is 1. The monoisotopic (exact) mass is 152 g/mol. The number of nitrogens with zero attached hydrogens (tertiary/aromatic N) is 1. The highest BCUT2D eigenvalue weighted by Gasteiger charge is 2.08. The van der Waals surface area contributed by atoms with Crippen molar-refractivity contribution < 1.29 is 0 Å². The first kappa shape index (κ1) is 5.92. The first-order valence-corrected chi connectivity index (χ1v) is 4.00. The van der Waals surface area contributed by atoms with Gasteiger partial charge in [0.25, 0.3) is 0 Å². The van der Waals surface area contributed by atoms with E-state index in [0.29, 0.717) is 0 Å². The Morgan fingerprint density at radius 2 is 2.60 bits per heavy atom. The number of hydrogen-bond donors (Lipinski definition) is 1. The topological polar surface area (TPSA) is 24.9 Å². The second-order valence-corrected chi connectivity index (χ2v) is 3.18. The van der Waals surface area contributed by atoms with Crippen LogP contribution in [0.15, 0.2) is 6.20 Å². The highest BCUT2D eigenvalue weighted by Crippen LogP contribution is 2.21. The zero-order chi connectivity index (χ0) is 6.97. The summed E-state index contributed by atoms with van der Waals surface area (Å²) < 4.78 is 4.25. The van der Waals surface area contributed by atoms with E-state index in [-0.39, 0.29) is 0 Å². The Labute approximate surface area is 63.7 Å². The minimum absolute atomic E-state index is 0.942. The van der Waals surface area contributed by atoms with Gasteiger partial charge in [-0.3, -0.25) is 0 Å². The molecule has 1 aromatic heterocycles. The molecule has 1 N–H and O–H groups in total. The molecule has 0 atom stereocenters. The van der Waals surface area contributed by atoms with Crippen LogP contribution in [0.3, 0.4) is 0 Å².